The van der Waals surface area contributed by atoms with E-state index in [4.69, 9.17) is 4.74 Å². The summed E-state index contributed by atoms with van der Waals surface area (Å²) in [6, 6.07) is 8.06. The molecule has 6 nitrogen and oxygen atoms in total. The molecule has 2 aliphatic heterocycles. The van der Waals surface area contributed by atoms with Gasteiger partial charge >= 0.3 is 0 Å². The maximum Gasteiger partial charge on any atom is 0.274 e. The molecule has 1 aromatic carbocycles. The number of hydrogen-bond acceptors (Lipinski definition) is 4. The topological polar surface area (TPSA) is 61.5 Å². The summed E-state index contributed by atoms with van der Waals surface area (Å²) in [5.74, 6) is 0.893. The monoisotopic (exact) mass is 326 g/mol. The number of rotatable bonds is 3. The molecule has 24 heavy (non-hydrogen) atoms. The van der Waals surface area contributed by atoms with Gasteiger partial charge in [0.2, 0.25) is 0 Å². The normalized spacial score (nSPS) is 19.5. The van der Waals surface area contributed by atoms with Gasteiger partial charge in [0.1, 0.15) is 11.9 Å². The highest BCUT2D eigenvalue weighted by molar-refractivity contribution is 5.94. The zero-order chi connectivity index (χ0) is 16.7. The smallest absolute Gasteiger partial charge is 0.274 e. The minimum absolute atomic E-state index is 0.00814. The molecule has 0 saturated heterocycles. The Morgan fingerprint density at radius 1 is 1.46 bits per heavy atom. The number of H-pyrrole nitrogens is 1. The largest absolute Gasteiger partial charge is 0.488 e. The van der Waals surface area contributed by atoms with Crippen molar-refractivity contribution in [3.8, 4) is 5.75 Å². The van der Waals surface area contributed by atoms with Crippen LogP contribution in [0, 0.1) is 0 Å². The van der Waals surface area contributed by atoms with Crippen molar-refractivity contribution in [1.29, 1.82) is 0 Å². The molecular weight excluding hydrogens is 304 g/mol. The summed E-state index contributed by atoms with van der Waals surface area (Å²) in [4.78, 5) is 16.8. The van der Waals surface area contributed by atoms with E-state index in [1.165, 1.54) is 5.56 Å². The molecule has 1 amide bonds. The van der Waals surface area contributed by atoms with Crippen LogP contribution in [0.3, 0.4) is 0 Å². The van der Waals surface area contributed by atoms with Crippen molar-refractivity contribution in [3.63, 3.8) is 0 Å². The van der Waals surface area contributed by atoms with Crippen LogP contribution in [-0.2, 0) is 19.4 Å². The van der Waals surface area contributed by atoms with Crippen LogP contribution in [0.2, 0.25) is 0 Å². The lowest BCUT2D eigenvalue weighted by atomic mass is 10.1. The lowest BCUT2D eigenvalue weighted by Crippen LogP contribution is -2.37. The molecule has 0 bridgehead atoms. The van der Waals surface area contributed by atoms with E-state index >= 15 is 0 Å². The Balaban J connectivity index is 1.45. The van der Waals surface area contributed by atoms with Crippen molar-refractivity contribution in [3.05, 3.63) is 46.8 Å². The summed E-state index contributed by atoms with van der Waals surface area (Å²) < 4.78 is 5.94. The second-order valence-corrected chi connectivity index (χ2v) is 6.75. The quantitative estimate of drug-likeness (QED) is 0.928. The second-order valence-electron chi connectivity index (χ2n) is 6.75. The van der Waals surface area contributed by atoms with Gasteiger partial charge in [0.25, 0.3) is 5.91 Å². The Kier molecular flexibility index (Phi) is 3.76. The SMILES string of the molecule is CN1CCc2[nH]nc(C(=O)N(C)C[C@H]3Cc4ccccc4O3)c2C1. The van der Waals surface area contributed by atoms with Gasteiger partial charge in [0.05, 0.1) is 6.54 Å². The van der Waals surface area contributed by atoms with E-state index in [9.17, 15) is 4.79 Å². The van der Waals surface area contributed by atoms with Crippen LogP contribution in [0.15, 0.2) is 24.3 Å². The third-order valence-electron chi connectivity index (χ3n) is 4.86. The van der Waals surface area contributed by atoms with Crippen molar-refractivity contribution in [2.45, 2.75) is 25.5 Å². The number of carbonyl (C=O) groups excluding carboxylic acids is 1. The van der Waals surface area contributed by atoms with E-state index in [1.54, 1.807) is 4.90 Å². The van der Waals surface area contributed by atoms with Crippen molar-refractivity contribution in [1.82, 2.24) is 20.0 Å². The number of amides is 1. The number of nitrogens with one attached hydrogen (secondary N) is 1. The molecule has 0 spiro atoms. The molecule has 2 aromatic rings. The summed E-state index contributed by atoms with van der Waals surface area (Å²) in [5, 5.41) is 7.32. The highest BCUT2D eigenvalue weighted by atomic mass is 16.5. The van der Waals surface area contributed by atoms with Crippen molar-refractivity contribution < 1.29 is 9.53 Å². The van der Waals surface area contributed by atoms with Gasteiger partial charge in [-0.25, -0.2) is 0 Å². The van der Waals surface area contributed by atoms with Gasteiger partial charge in [-0.3, -0.25) is 9.89 Å². The number of fused-ring (bicyclic) bond motifs is 2. The highest BCUT2D eigenvalue weighted by Gasteiger charge is 2.29. The van der Waals surface area contributed by atoms with Crippen LogP contribution in [0.1, 0.15) is 27.3 Å². The van der Waals surface area contributed by atoms with Crippen molar-refractivity contribution in [2.75, 3.05) is 27.2 Å². The average molecular weight is 326 g/mol. The molecule has 6 heteroatoms. The molecule has 2 aliphatic rings. The number of benzene rings is 1. The number of aromatic amines is 1. The van der Waals surface area contributed by atoms with E-state index in [2.05, 4.69) is 28.2 Å². The van der Waals surface area contributed by atoms with E-state index in [-0.39, 0.29) is 12.0 Å². The Morgan fingerprint density at radius 3 is 3.12 bits per heavy atom. The fraction of sp³-hybridized carbons (Fsp3) is 0.444. The third kappa shape index (κ3) is 2.67. The molecule has 0 saturated carbocycles. The van der Waals surface area contributed by atoms with Crippen molar-refractivity contribution >= 4 is 5.91 Å². The van der Waals surface area contributed by atoms with Gasteiger partial charge < -0.3 is 14.5 Å². The first kappa shape index (κ1) is 15.2. The lowest BCUT2D eigenvalue weighted by molar-refractivity contribution is 0.0722. The van der Waals surface area contributed by atoms with E-state index in [1.807, 2.05) is 25.2 Å². The number of para-hydroxylation sites is 1. The van der Waals surface area contributed by atoms with Crippen LogP contribution < -0.4 is 4.74 Å². The number of hydrogen-bond donors (Lipinski definition) is 1. The maximum absolute atomic E-state index is 12.8. The fourth-order valence-corrected chi connectivity index (χ4v) is 3.53. The Hall–Kier alpha value is -2.34. The zero-order valence-electron chi connectivity index (χ0n) is 14.1. The number of ether oxygens (including phenoxy) is 1. The highest BCUT2D eigenvalue weighted by Crippen LogP contribution is 2.28. The molecule has 0 unspecified atom stereocenters. The van der Waals surface area contributed by atoms with Gasteiger partial charge in [-0.05, 0) is 18.7 Å². The van der Waals surface area contributed by atoms with Crippen molar-refractivity contribution in [2.24, 2.45) is 0 Å². The molecule has 4 rings (SSSR count). The molecular formula is C18H22N4O2. The number of nitrogens with zero attached hydrogens (tertiary/aromatic N) is 3. The first-order valence-electron chi connectivity index (χ1n) is 8.36. The van der Waals surface area contributed by atoms with Gasteiger partial charge in [-0.15, -0.1) is 0 Å². The first-order valence-corrected chi connectivity index (χ1v) is 8.36. The molecule has 3 heterocycles. The second kappa shape index (κ2) is 5.94. The molecule has 0 fully saturated rings. The number of carbonyl (C=O) groups is 1. The van der Waals surface area contributed by atoms with Gasteiger partial charge in [-0.2, -0.15) is 5.10 Å². The van der Waals surface area contributed by atoms with E-state index in [0.29, 0.717) is 12.2 Å². The molecule has 0 radical (unpaired) electrons. The Labute approximate surface area is 141 Å². The summed E-state index contributed by atoms with van der Waals surface area (Å²) in [6.07, 6.45) is 1.76. The van der Waals surface area contributed by atoms with Gasteiger partial charge in [0.15, 0.2) is 5.69 Å². The molecule has 0 aliphatic carbocycles. The maximum atomic E-state index is 12.8. The average Bonchev–Trinajstić information content (AvgIpc) is 3.16. The summed E-state index contributed by atoms with van der Waals surface area (Å²) >= 11 is 0. The van der Waals surface area contributed by atoms with Crippen LogP contribution in [-0.4, -0.2) is 59.2 Å². The Morgan fingerprint density at radius 2 is 2.29 bits per heavy atom. The van der Waals surface area contributed by atoms with Gasteiger partial charge in [-0.1, -0.05) is 18.2 Å². The molecule has 1 atom stereocenters. The standard InChI is InChI=1S/C18H22N4O2/c1-21-8-7-15-14(11-21)17(20-19-15)18(23)22(2)10-13-9-12-5-3-4-6-16(12)24-13/h3-6,13H,7-11H2,1-2H3,(H,19,20)/t13-/m1/s1. The van der Waals surface area contributed by atoms with E-state index < -0.39 is 0 Å². The third-order valence-corrected chi connectivity index (χ3v) is 4.86. The number of likely N-dealkylation sites (N-methyl/N-ethyl adjacent to an activating group) is 2. The molecule has 1 aromatic heterocycles. The summed E-state index contributed by atoms with van der Waals surface area (Å²) in [5.41, 5.74) is 3.89. The van der Waals surface area contributed by atoms with E-state index in [0.717, 1.165) is 42.9 Å². The molecule has 126 valence electrons. The predicted octanol–water partition coefficient (Wildman–Crippen LogP) is 1.47. The Bertz CT molecular complexity index is 745. The van der Waals surface area contributed by atoms with Crippen LogP contribution in [0.25, 0.3) is 0 Å². The first-order chi connectivity index (χ1) is 11.6. The van der Waals surface area contributed by atoms with Crippen LogP contribution >= 0.6 is 0 Å². The summed E-state index contributed by atoms with van der Waals surface area (Å²) in [6.45, 7) is 2.32. The molecule has 1 N–H and O–H groups in total. The predicted molar refractivity (Wildman–Crippen MR) is 90.1 cm³/mol. The van der Waals surface area contributed by atoms with Gasteiger partial charge in [0, 0.05) is 44.2 Å². The number of aromatic nitrogens is 2. The minimum atomic E-state index is -0.0395. The minimum Gasteiger partial charge on any atom is -0.488 e. The summed E-state index contributed by atoms with van der Waals surface area (Å²) in [7, 11) is 3.89. The fourth-order valence-electron chi connectivity index (χ4n) is 3.53. The lowest BCUT2D eigenvalue weighted by Gasteiger charge is -2.24. The zero-order valence-corrected chi connectivity index (χ0v) is 14.1. The van der Waals surface area contributed by atoms with Crippen LogP contribution in [0.5, 0.6) is 5.75 Å². The van der Waals surface area contributed by atoms with Crippen LogP contribution in [0.4, 0.5) is 0 Å².